The van der Waals surface area contributed by atoms with Crippen LogP contribution in [0, 0.1) is 0 Å². The molecule has 0 aliphatic carbocycles. The number of nitrogens with zero attached hydrogens (tertiary/aromatic N) is 1. The van der Waals surface area contributed by atoms with Gasteiger partial charge in [-0.25, -0.2) is 0 Å². The highest BCUT2D eigenvalue weighted by atomic mass is 16.5. The molecule has 0 bridgehead atoms. The lowest BCUT2D eigenvalue weighted by atomic mass is 10.0. The van der Waals surface area contributed by atoms with E-state index in [1.165, 1.54) is 0 Å². The Balaban J connectivity index is 2.18. The third-order valence-electron chi connectivity index (χ3n) is 3.38. The van der Waals surface area contributed by atoms with Crippen molar-refractivity contribution in [1.29, 1.82) is 0 Å². The zero-order valence-corrected chi connectivity index (χ0v) is 12.6. The predicted octanol–water partition coefficient (Wildman–Crippen LogP) is 2.95. The molecule has 21 heavy (non-hydrogen) atoms. The largest absolute Gasteiger partial charge is 0.493 e. The van der Waals surface area contributed by atoms with Gasteiger partial charge in [-0.15, -0.1) is 0 Å². The monoisotopic (exact) mass is 286 g/mol. The van der Waals surface area contributed by atoms with E-state index in [1.54, 1.807) is 13.3 Å². The van der Waals surface area contributed by atoms with Crippen LogP contribution in [0.5, 0.6) is 11.5 Å². The second-order valence-electron chi connectivity index (χ2n) is 4.93. The van der Waals surface area contributed by atoms with Gasteiger partial charge in [0, 0.05) is 12.2 Å². The minimum atomic E-state index is 0.120. The third-order valence-corrected chi connectivity index (χ3v) is 3.38. The molecule has 0 aliphatic rings. The highest BCUT2D eigenvalue weighted by Gasteiger charge is 2.13. The zero-order valence-electron chi connectivity index (χ0n) is 12.6. The van der Waals surface area contributed by atoms with Crippen LogP contribution < -0.4 is 15.2 Å². The van der Waals surface area contributed by atoms with Crippen molar-refractivity contribution in [2.75, 3.05) is 7.11 Å². The van der Waals surface area contributed by atoms with E-state index in [9.17, 15) is 0 Å². The summed E-state index contributed by atoms with van der Waals surface area (Å²) in [6, 6.07) is 11.8. The molecule has 1 aromatic heterocycles. The standard InChI is InChI=1S/C17H22N2O2/c1-3-14(18)11-13-7-6-9-16(20-2)17(13)21-12-15-8-4-5-10-19-15/h4-10,14H,3,11-12,18H2,1-2H3. The van der Waals surface area contributed by atoms with Gasteiger partial charge in [-0.2, -0.15) is 0 Å². The summed E-state index contributed by atoms with van der Waals surface area (Å²) in [6.45, 7) is 2.49. The minimum absolute atomic E-state index is 0.120. The molecule has 0 radical (unpaired) electrons. The Morgan fingerprint density at radius 2 is 2.05 bits per heavy atom. The zero-order chi connectivity index (χ0) is 15.1. The summed E-state index contributed by atoms with van der Waals surface area (Å²) >= 11 is 0. The van der Waals surface area contributed by atoms with Crippen molar-refractivity contribution >= 4 is 0 Å². The smallest absolute Gasteiger partial charge is 0.164 e. The van der Waals surface area contributed by atoms with Gasteiger partial charge >= 0.3 is 0 Å². The molecule has 1 aromatic carbocycles. The number of hydrogen-bond acceptors (Lipinski definition) is 4. The lowest BCUT2D eigenvalue weighted by Gasteiger charge is -2.17. The fraction of sp³-hybridized carbons (Fsp3) is 0.353. The molecule has 0 saturated heterocycles. The van der Waals surface area contributed by atoms with Gasteiger partial charge in [0.25, 0.3) is 0 Å². The van der Waals surface area contributed by atoms with Crippen molar-refractivity contribution in [1.82, 2.24) is 4.98 Å². The maximum Gasteiger partial charge on any atom is 0.164 e. The van der Waals surface area contributed by atoms with Gasteiger partial charge in [-0.05, 0) is 36.6 Å². The van der Waals surface area contributed by atoms with Crippen molar-refractivity contribution in [3.8, 4) is 11.5 Å². The van der Waals surface area contributed by atoms with Crippen LogP contribution in [0.3, 0.4) is 0 Å². The van der Waals surface area contributed by atoms with E-state index in [0.717, 1.165) is 35.6 Å². The molecule has 4 nitrogen and oxygen atoms in total. The van der Waals surface area contributed by atoms with E-state index in [2.05, 4.69) is 11.9 Å². The molecule has 4 heteroatoms. The average molecular weight is 286 g/mol. The van der Waals surface area contributed by atoms with Crippen LogP contribution in [0.2, 0.25) is 0 Å². The molecular formula is C17H22N2O2. The molecule has 2 N–H and O–H groups in total. The van der Waals surface area contributed by atoms with Crippen LogP contribution in [-0.4, -0.2) is 18.1 Å². The van der Waals surface area contributed by atoms with Gasteiger partial charge in [0.2, 0.25) is 0 Å². The van der Waals surface area contributed by atoms with Crippen molar-refractivity contribution in [2.24, 2.45) is 5.73 Å². The molecule has 0 spiro atoms. The Kier molecular flexibility index (Phi) is 5.58. The fourth-order valence-corrected chi connectivity index (χ4v) is 2.10. The van der Waals surface area contributed by atoms with E-state index in [1.807, 2.05) is 36.4 Å². The molecule has 0 amide bonds. The number of hydrogen-bond donors (Lipinski definition) is 1. The van der Waals surface area contributed by atoms with Crippen molar-refractivity contribution < 1.29 is 9.47 Å². The summed E-state index contributed by atoms with van der Waals surface area (Å²) in [5, 5.41) is 0. The number of rotatable bonds is 7. The number of methoxy groups -OCH3 is 1. The molecule has 1 heterocycles. The number of pyridine rings is 1. The molecular weight excluding hydrogens is 264 g/mol. The molecule has 0 fully saturated rings. The normalized spacial score (nSPS) is 12.0. The van der Waals surface area contributed by atoms with E-state index in [4.69, 9.17) is 15.2 Å². The SMILES string of the molecule is CCC(N)Cc1cccc(OC)c1OCc1ccccn1. The Bertz CT molecular complexity index is 558. The van der Waals surface area contributed by atoms with Gasteiger partial charge in [0.15, 0.2) is 11.5 Å². The predicted molar refractivity (Wildman–Crippen MR) is 83.5 cm³/mol. The first kappa shape index (κ1) is 15.3. The Hall–Kier alpha value is -2.07. The first-order chi connectivity index (χ1) is 10.2. The second-order valence-corrected chi connectivity index (χ2v) is 4.93. The van der Waals surface area contributed by atoms with Crippen LogP contribution in [0.25, 0.3) is 0 Å². The Morgan fingerprint density at radius 3 is 2.71 bits per heavy atom. The highest BCUT2D eigenvalue weighted by Crippen LogP contribution is 2.32. The van der Waals surface area contributed by atoms with Crippen molar-refractivity contribution in [3.05, 3.63) is 53.9 Å². The number of nitrogens with two attached hydrogens (primary N) is 1. The van der Waals surface area contributed by atoms with Crippen LogP contribution in [0.4, 0.5) is 0 Å². The fourth-order valence-electron chi connectivity index (χ4n) is 2.10. The van der Waals surface area contributed by atoms with Crippen LogP contribution in [0.15, 0.2) is 42.6 Å². The Morgan fingerprint density at radius 1 is 1.19 bits per heavy atom. The summed E-state index contributed by atoms with van der Waals surface area (Å²) in [6.07, 6.45) is 3.46. The molecule has 0 aliphatic heterocycles. The third kappa shape index (κ3) is 4.20. The number of aromatic nitrogens is 1. The lowest BCUT2D eigenvalue weighted by molar-refractivity contribution is 0.277. The van der Waals surface area contributed by atoms with Gasteiger partial charge in [0.05, 0.1) is 12.8 Å². The molecule has 2 aromatic rings. The Labute approximate surface area is 125 Å². The summed E-state index contributed by atoms with van der Waals surface area (Å²) in [7, 11) is 1.65. The number of ether oxygens (including phenoxy) is 2. The molecule has 112 valence electrons. The quantitative estimate of drug-likeness (QED) is 0.850. The molecule has 2 rings (SSSR count). The lowest BCUT2D eigenvalue weighted by Crippen LogP contribution is -2.21. The first-order valence-corrected chi connectivity index (χ1v) is 7.18. The average Bonchev–Trinajstić information content (AvgIpc) is 2.54. The number of para-hydroxylation sites is 1. The van der Waals surface area contributed by atoms with Crippen molar-refractivity contribution in [3.63, 3.8) is 0 Å². The summed E-state index contributed by atoms with van der Waals surface area (Å²) in [5.41, 5.74) is 8.02. The number of benzene rings is 1. The first-order valence-electron chi connectivity index (χ1n) is 7.18. The molecule has 1 atom stereocenters. The summed E-state index contributed by atoms with van der Waals surface area (Å²) in [4.78, 5) is 4.27. The van der Waals surface area contributed by atoms with Gasteiger partial charge in [-0.1, -0.05) is 25.1 Å². The second kappa shape index (κ2) is 7.64. The van der Waals surface area contributed by atoms with Crippen LogP contribution >= 0.6 is 0 Å². The maximum absolute atomic E-state index is 6.06. The topological polar surface area (TPSA) is 57.4 Å². The van der Waals surface area contributed by atoms with Gasteiger partial charge in [0.1, 0.15) is 6.61 Å². The summed E-state index contributed by atoms with van der Waals surface area (Å²) < 4.78 is 11.4. The maximum atomic E-state index is 6.06. The summed E-state index contributed by atoms with van der Waals surface area (Å²) in [5.74, 6) is 1.49. The van der Waals surface area contributed by atoms with E-state index in [-0.39, 0.29) is 6.04 Å². The van der Waals surface area contributed by atoms with Gasteiger partial charge in [-0.3, -0.25) is 4.98 Å². The molecule has 0 saturated carbocycles. The van der Waals surface area contributed by atoms with Crippen LogP contribution in [-0.2, 0) is 13.0 Å². The minimum Gasteiger partial charge on any atom is -0.493 e. The van der Waals surface area contributed by atoms with E-state index >= 15 is 0 Å². The van der Waals surface area contributed by atoms with Crippen LogP contribution in [0.1, 0.15) is 24.6 Å². The van der Waals surface area contributed by atoms with Gasteiger partial charge < -0.3 is 15.2 Å². The van der Waals surface area contributed by atoms with E-state index < -0.39 is 0 Å². The highest BCUT2D eigenvalue weighted by molar-refractivity contribution is 5.47. The molecule has 1 unspecified atom stereocenters. The van der Waals surface area contributed by atoms with E-state index in [0.29, 0.717) is 6.61 Å². The van der Waals surface area contributed by atoms with Crippen molar-refractivity contribution in [2.45, 2.75) is 32.4 Å².